The van der Waals surface area contributed by atoms with E-state index in [9.17, 15) is 0 Å². The molecule has 2 rings (SSSR count). The van der Waals surface area contributed by atoms with Crippen LogP contribution in [0.25, 0.3) is 0 Å². The molecule has 1 heterocycles. The van der Waals surface area contributed by atoms with E-state index in [2.05, 4.69) is 9.97 Å². The fraction of sp³-hybridized carbons (Fsp3) is 0.0909. The van der Waals surface area contributed by atoms with Gasteiger partial charge in [-0.3, -0.25) is 0 Å². The second kappa shape index (κ2) is 4.20. The van der Waals surface area contributed by atoms with Gasteiger partial charge in [0.05, 0.1) is 0 Å². The molecule has 14 heavy (non-hydrogen) atoms. The van der Waals surface area contributed by atoms with Crippen LogP contribution in [0.4, 0.5) is 0 Å². The van der Waals surface area contributed by atoms with E-state index < -0.39 is 0 Å². The zero-order valence-electron chi connectivity index (χ0n) is 7.52. The zero-order valence-corrected chi connectivity index (χ0v) is 8.28. The van der Waals surface area contributed by atoms with E-state index >= 15 is 0 Å². The molecule has 0 unspecified atom stereocenters. The molecule has 2 nitrogen and oxygen atoms in total. The van der Waals surface area contributed by atoms with Gasteiger partial charge in [-0.25, -0.2) is 9.97 Å². The van der Waals surface area contributed by atoms with E-state index in [-0.39, 0.29) is 0 Å². The average molecular weight is 205 g/mol. The normalized spacial score (nSPS) is 10.1. The third-order valence-electron chi connectivity index (χ3n) is 1.89. The molecule has 1 aromatic carbocycles. The van der Waals surface area contributed by atoms with Gasteiger partial charge in [0.2, 0.25) is 0 Å². The highest BCUT2D eigenvalue weighted by molar-refractivity contribution is 6.30. The van der Waals surface area contributed by atoms with Crippen molar-refractivity contribution in [1.82, 2.24) is 9.97 Å². The Labute approximate surface area is 87.6 Å². The fourth-order valence-corrected chi connectivity index (χ4v) is 1.33. The van der Waals surface area contributed by atoms with E-state index in [0.717, 1.165) is 17.3 Å². The van der Waals surface area contributed by atoms with E-state index in [0.29, 0.717) is 0 Å². The Balaban J connectivity index is 2.16. The van der Waals surface area contributed by atoms with Crippen LogP contribution in [0.15, 0.2) is 42.7 Å². The average Bonchev–Trinajstić information content (AvgIpc) is 2.23. The Morgan fingerprint density at radius 3 is 2.29 bits per heavy atom. The van der Waals surface area contributed by atoms with Crippen molar-refractivity contribution in [2.75, 3.05) is 0 Å². The SMILES string of the molecule is Clc1ccc(Cc2ncccn2)cc1. The number of halogens is 1. The van der Waals surface area contributed by atoms with Crippen LogP contribution in [0.3, 0.4) is 0 Å². The van der Waals surface area contributed by atoms with Crippen LogP contribution in [0, 0.1) is 0 Å². The highest BCUT2D eigenvalue weighted by Crippen LogP contribution is 2.11. The lowest BCUT2D eigenvalue weighted by atomic mass is 10.1. The van der Waals surface area contributed by atoms with Crippen LogP contribution in [0.2, 0.25) is 5.02 Å². The quantitative estimate of drug-likeness (QED) is 0.752. The van der Waals surface area contributed by atoms with Crippen molar-refractivity contribution >= 4 is 11.6 Å². The molecule has 0 N–H and O–H groups in total. The van der Waals surface area contributed by atoms with E-state index in [1.54, 1.807) is 12.4 Å². The highest BCUT2D eigenvalue weighted by atomic mass is 35.5. The van der Waals surface area contributed by atoms with Crippen LogP contribution < -0.4 is 0 Å². The molecule has 3 heteroatoms. The fourth-order valence-electron chi connectivity index (χ4n) is 1.21. The highest BCUT2D eigenvalue weighted by Gasteiger charge is 1.97. The molecule has 0 fully saturated rings. The maximum Gasteiger partial charge on any atom is 0.132 e. The second-order valence-electron chi connectivity index (χ2n) is 2.97. The first kappa shape index (κ1) is 9.16. The first-order valence-electron chi connectivity index (χ1n) is 4.35. The molecule has 0 aliphatic carbocycles. The molecular formula is C11H9ClN2. The van der Waals surface area contributed by atoms with Gasteiger partial charge in [0, 0.05) is 23.8 Å². The molecule has 1 aromatic heterocycles. The first-order valence-corrected chi connectivity index (χ1v) is 4.73. The monoisotopic (exact) mass is 204 g/mol. The molecule has 0 atom stereocenters. The number of benzene rings is 1. The molecule has 0 radical (unpaired) electrons. The largest absolute Gasteiger partial charge is 0.241 e. The Morgan fingerprint density at radius 2 is 1.64 bits per heavy atom. The predicted octanol–water partition coefficient (Wildman–Crippen LogP) is 2.72. The summed E-state index contributed by atoms with van der Waals surface area (Å²) >= 11 is 5.78. The summed E-state index contributed by atoms with van der Waals surface area (Å²) in [6.45, 7) is 0. The Kier molecular flexibility index (Phi) is 2.75. The van der Waals surface area contributed by atoms with Crippen LogP contribution >= 0.6 is 11.6 Å². The van der Waals surface area contributed by atoms with Crippen molar-refractivity contribution in [3.8, 4) is 0 Å². The summed E-state index contributed by atoms with van der Waals surface area (Å²) in [5, 5.41) is 0.753. The number of aromatic nitrogens is 2. The van der Waals surface area contributed by atoms with Gasteiger partial charge in [-0.1, -0.05) is 23.7 Å². The van der Waals surface area contributed by atoms with Gasteiger partial charge >= 0.3 is 0 Å². The molecule has 0 aliphatic heterocycles. The Bertz CT molecular complexity index is 397. The number of rotatable bonds is 2. The minimum Gasteiger partial charge on any atom is -0.241 e. The maximum absolute atomic E-state index is 5.78. The first-order chi connectivity index (χ1) is 6.84. The van der Waals surface area contributed by atoms with Crippen molar-refractivity contribution in [3.05, 3.63) is 59.1 Å². The topological polar surface area (TPSA) is 25.8 Å². The Hall–Kier alpha value is -1.41. The molecule has 0 amide bonds. The summed E-state index contributed by atoms with van der Waals surface area (Å²) in [5.41, 5.74) is 1.17. The van der Waals surface area contributed by atoms with Crippen molar-refractivity contribution in [3.63, 3.8) is 0 Å². The van der Waals surface area contributed by atoms with Crippen molar-refractivity contribution in [2.45, 2.75) is 6.42 Å². The standard InChI is InChI=1S/C11H9ClN2/c12-10-4-2-9(3-5-10)8-11-13-6-1-7-14-11/h1-7H,8H2. The van der Waals surface area contributed by atoms with Crippen LogP contribution in [0.5, 0.6) is 0 Å². The van der Waals surface area contributed by atoms with Crippen molar-refractivity contribution in [2.24, 2.45) is 0 Å². The molecule has 70 valence electrons. The van der Waals surface area contributed by atoms with E-state index in [1.165, 1.54) is 5.56 Å². The van der Waals surface area contributed by atoms with Gasteiger partial charge in [0.25, 0.3) is 0 Å². The molecule has 0 spiro atoms. The smallest absolute Gasteiger partial charge is 0.132 e. The molecule has 0 saturated heterocycles. The van der Waals surface area contributed by atoms with Crippen molar-refractivity contribution in [1.29, 1.82) is 0 Å². The molecular weight excluding hydrogens is 196 g/mol. The van der Waals surface area contributed by atoms with E-state index in [4.69, 9.17) is 11.6 Å². The minimum absolute atomic E-state index is 0.748. The third kappa shape index (κ3) is 2.30. The summed E-state index contributed by atoms with van der Waals surface area (Å²) in [5.74, 6) is 0.829. The third-order valence-corrected chi connectivity index (χ3v) is 2.15. The van der Waals surface area contributed by atoms with Crippen LogP contribution in [-0.4, -0.2) is 9.97 Å². The van der Waals surface area contributed by atoms with Crippen LogP contribution in [-0.2, 0) is 6.42 Å². The summed E-state index contributed by atoms with van der Waals surface area (Å²) < 4.78 is 0. The lowest BCUT2D eigenvalue weighted by Gasteiger charge is -1.99. The minimum atomic E-state index is 0.748. The zero-order chi connectivity index (χ0) is 9.80. The number of nitrogens with zero attached hydrogens (tertiary/aromatic N) is 2. The molecule has 0 aliphatic rings. The summed E-state index contributed by atoms with van der Waals surface area (Å²) in [6.07, 6.45) is 4.24. The van der Waals surface area contributed by atoms with E-state index in [1.807, 2.05) is 30.3 Å². The predicted molar refractivity (Wildman–Crippen MR) is 56.3 cm³/mol. The summed E-state index contributed by atoms with van der Waals surface area (Å²) in [6, 6.07) is 9.53. The molecule has 2 aromatic rings. The van der Waals surface area contributed by atoms with Gasteiger partial charge in [-0.15, -0.1) is 0 Å². The van der Waals surface area contributed by atoms with Crippen molar-refractivity contribution < 1.29 is 0 Å². The second-order valence-corrected chi connectivity index (χ2v) is 3.40. The van der Waals surface area contributed by atoms with Gasteiger partial charge in [-0.2, -0.15) is 0 Å². The lowest BCUT2D eigenvalue weighted by molar-refractivity contribution is 0.968. The molecule has 0 bridgehead atoms. The maximum atomic E-state index is 5.78. The van der Waals surface area contributed by atoms with Gasteiger partial charge in [0.15, 0.2) is 0 Å². The number of hydrogen-bond donors (Lipinski definition) is 0. The Morgan fingerprint density at radius 1 is 1.00 bits per heavy atom. The van der Waals surface area contributed by atoms with Gasteiger partial charge in [-0.05, 0) is 23.8 Å². The summed E-state index contributed by atoms with van der Waals surface area (Å²) in [7, 11) is 0. The van der Waals surface area contributed by atoms with Gasteiger partial charge in [0.1, 0.15) is 5.82 Å². The van der Waals surface area contributed by atoms with Crippen LogP contribution in [0.1, 0.15) is 11.4 Å². The number of hydrogen-bond acceptors (Lipinski definition) is 2. The lowest BCUT2D eigenvalue weighted by Crippen LogP contribution is -1.94. The molecule has 0 saturated carbocycles. The summed E-state index contributed by atoms with van der Waals surface area (Å²) in [4.78, 5) is 8.30. The van der Waals surface area contributed by atoms with Gasteiger partial charge < -0.3 is 0 Å².